The molecule has 3 rings (SSSR count). The molecule has 0 spiro atoms. The molecule has 10 heteroatoms. The Morgan fingerprint density at radius 3 is 2.65 bits per heavy atom. The number of hydrogen-bond acceptors (Lipinski definition) is 7. The number of pyridine rings is 1. The molecule has 0 fully saturated rings. The molecule has 0 saturated heterocycles. The maximum Gasteiger partial charge on any atom is 0.229 e. The maximum atomic E-state index is 13.2. The second kappa shape index (κ2) is 11.2. The van der Waals surface area contributed by atoms with Crippen LogP contribution in [0.15, 0.2) is 42.7 Å². The number of rotatable bonds is 8. The largest absolute Gasteiger partial charge is 0.488 e. The Bertz CT molecular complexity index is 1080. The third-order valence-corrected chi connectivity index (χ3v) is 6.52. The van der Waals surface area contributed by atoms with E-state index in [1.807, 2.05) is 33.0 Å². The van der Waals surface area contributed by atoms with Crippen molar-refractivity contribution in [2.24, 2.45) is 5.92 Å². The number of aliphatic hydroxyl groups is 1. The van der Waals surface area contributed by atoms with Gasteiger partial charge in [0.15, 0.2) is 0 Å². The summed E-state index contributed by atoms with van der Waals surface area (Å²) in [5, 5.41) is 9.75. The van der Waals surface area contributed by atoms with Gasteiger partial charge in [-0.05, 0) is 49.9 Å². The Balaban J connectivity index is 1.91. The van der Waals surface area contributed by atoms with Crippen LogP contribution in [0.3, 0.4) is 0 Å². The number of anilines is 1. The highest BCUT2D eigenvalue weighted by Crippen LogP contribution is 2.29. The van der Waals surface area contributed by atoms with Gasteiger partial charge in [-0.2, -0.15) is 0 Å². The van der Waals surface area contributed by atoms with Crippen molar-refractivity contribution in [1.29, 1.82) is 0 Å². The predicted molar refractivity (Wildman–Crippen MR) is 131 cm³/mol. The minimum Gasteiger partial charge on any atom is -0.488 e. The van der Waals surface area contributed by atoms with Crippen molar-refractivity contribution in [3.8, 4) is 5.75 Å². The number of aliphatic hydroxyl groups excluding tert-OH is 1. The highest BCUT2D eigenvalue weighted by atomic mass is 32.2. The molecule has 1 amide bonds. The van der Waals surface area contributed by atoms with Gasteiger partial charge < -0.3 is 14.7 Å². The molecule has 0 unspecified atom stereocenters. The smallest absolute Gasteiger partial charge is 0.229 e. The van der Waals surface area contributed by atoms with Gasteiger partial charge in [-0.3, -0.25) is 19.4 Å². The lowest BCUT2D eigenvalue weighted by atomic mass is 10.0. The number of likely N-dealkylation sites (N-methyl/N-ethyl adjacent to an activating group) is 1. The zero-order valence-electron chi connectivity index (χ0n) is 20.1. The molecule has 0 saturated carbocycles. The van der Waals surface area contributed by atoms with Crippen LogP contribution in [0.4, 0.5) is 5.69 Å². The summed E-state index contributed by atoms with van der Waals surface area (Å²) in [6, 6.07) is 8.59. The molecule has 1 aliphatic rings. The lowest BCUT2D eigenvalue weighted by Gasteiger charge is -2.34. The molecule has 1 aliphatic heterocycles. The first-order chi connectivity index (χ1) is 16.1. The van der Waals surface area contributed by atoms with Crippen molar-refractivity contribution in [2.45, 2.75) is 39.0 Å². The zero-order valence-corrected chi connectivity index (χ0v) is 21.0. The number of benzene rings is 1. The normalized spacial score (nSPS) is 20.1. The quantitative estimate of drug-likeness (QED) is 0.580. The molecule has 2 aromatic rings. The van der Waals surface area contributed by atoms with Crippen molar-refractivity contribution < 1.29 is 23.1 Å². The summed E-state index contributed by atoms with van der Waals surface area (Å²) in [5.41, 5.74) is 2.11. The molecular formula is C24H34N4O5S. The number of aromatic nitrogens is 1. The van der Waals surface area contributed by atoms with Crippen LogP contribution >= 0.6 is 0 Å². The number of carbonyl (C=O) groups is 1. The molecule has 0 bridgehead atoms. The Labute approximate surface area is 201 Å². The van der Waals surface area contributed by atoms with Crippen molar-refractivity contribution in [1.82, 2.24) is 14.8 Å². The van der Waals surface area contributed by atoms with Gasteiger partial charge in [0.05, 0.1) is 25.3 Å². The van der Waals surface area contributed by atoms with Crippen LogP contribution in [0.5, 0.6) is 5.75 Å². The monoisotopic (exact) mass is 490 g/mol. The first kappa shape index (κ1) is 25.9. The van der Waals surface area contributed by atoms with Crippen molar-refractivity contribution in [2.75, 3.05) is 37.7 Å². The Morgan fingerprint density at radius 1 is 1.29 bits per heavy atom. The van der Waals surface area contributed by atoms with Crippen LogP contribution in [0.25, 0.3) is 0 Å². The van der Waals surface area contributed by atoms with Gasteiger partial charge in [0.2, 0.25) is 15.9 Å². The molecule has 2 heterocycles. The van der Waals surface area contributed by atoms with Gasteiger partial charge in [0.25, 0.3) is 0 Å². The summed E-state index contributed by atoms with van der Waals surface area (Å²) in [6.07, 6.45) is 4.42. The van der Waals surface area contributed by atoms with Crippen molar-refractivity contribution >= 4 is 21.6 Å². The number of fused-ring (bicyclic) bond motifs is 1. The van der Waals surface area contributed by atoms with Gasteiger partial charge >= 0.3 is 0 Å². The summed E-state index contributed by atoms with van der Waals surface area (Å²) in [5.74, 6) is 0.401. The molecule has 1 aromatic heterocycles. The Kier molecular flexibility index (Phi) is 8.51. The average molecular weight is 491 g/mol. The van der Waals surface area contributed by atoms with E-state index < -0.39 is 10.0 Å². The van der Waals surface area contributed by atoms with E-state index in [2.05, 4.69) is 14.6 Å². The third-order valence-electron chi connectivity index (χ3n) is 5.91. The molecule has 186 valence electrons. The van der Waals surface area contributed by atoms with E-state index in [-0.39, 0.29) is 37.0 Å². The number of nitrogens with zero attached hydrogens (tertiary/aromatic N) is 3. The van der Waals surface area contributed by atoms with E-state index in [0.29, 0.717) is 30.1 Å². The first-order valence-electron chi connectivity index (χ1n) is 11.3. The molecule has 0 radical (unpaired) electrons. The Morgan fingerprint density at radius 2 is 2.00 bits per heavy atom. The van der Waals surface area contributed by atoms with Crippen LogP contribution in [0, 0.1) is 5.92 Å². The van der Waals surface area contributed by atoms with Crippen LogP contribution in [0.1, 0.15) is 25.0 Å². The molecule has 3 atom stereocenters. The van der Waals surface area contributed by atoms with Gasteiger partial charge in [-0.1, -0.05) is 6.92 Å². The van der Waals surface area contributed by atoms with E-state index in [1.165, 1.54) is 0 Å². The number of ether oxygens (including phenoxy) is 1. The van der Waals surface area contributed by atoms with Crippen molar-refractivity contribution in [3.63, 3.8) is 0 Å². The first-order valence-corrected chi connectivity index (χ1v) is 13.2. The fourth-order valence-electron chi connectivity index (χ4n) is 4.10. The number of amides is 1. The molecule has 0 aliphatic carbocycles. The molecule has 2 N–H and O–H groups in total. The van der Waals surface area contributed by atoms with Gasteiger partial charge in [0, 0.05) is 49.2 Å². The summed E-state index contributed by atoms with van der Waals surface area (Å²) in [6.45, 7) is 5.48. The van der Waals surface area contributed by atoms with E-state index in [9.17, 15) is 18.3 Å². The molecule has 34 heavy (non-hydrogen) atoms. The Hall–Kier alpha value is -2.69. The minimum atomic E-state index is -3.46. The fraction of sp³-hybridized carbons (Fsp3) is 0.500. The summed E-state index contributed by atoms with van der Waals surface area (Å²) in [4.78, 5) is 21.1. The number of sulfonamides is 1. The molecule has 1 aromatic carbocycles. The zero-order chi connectivity index (χ0) is 24.9. The summed E-state index contributed by atoms with van der Waals surface area (Å²) < 4.78 is 32.3. The number of nitrogens with one attached hydrogen (secondary N) is 1. The highest BCUT2D eigenvalue weighted by Gasteiger charge is 2.31. The lowest BCUT2D eigenvalue weighted by molar-refractivity contribution is -0.134. The predicted octanol–water partition coefficient (Wildman–Crippen LogP) is 1.73. The fourth-order valence-corrected chi connectivity index (χ4v) is 4.65. The number of carbonyl (C=O) groups excluding carboxylic acids is 1. The lowest BCUT2D eigenvalue weighted by Crippen LogP contribution is -2.47. The van der Waals surface area contributed by atoms with Crippen LogP contribution in [0.2, 0.25) is 0 Å². The minimum absolute atomic E-state index is 0.0161. The van der Waals surface area contributed by atoms with Gasteiger partial charge in [-0.25, -0.2) is 8.42 Å². The van der Waals surface area contributed by atoms with Crippen LogP contribution in [-0.2, 0) is 27.8 Å². The van der Waals surface area contributed by atoms with Crippen LogP contribution < -0.4 is 9.46 Å². The summed E-state index contributed by atoms with van der Waals surface area (Å²) in [7, 11) is -1.45. The topological polar surface area (TPSA) is 112 Å². The van der Waals surface area contributed by atoms with E-state index >= 15 is 0 Å². The average Bonchev–Trinajstić information content (AvgIpc) is 2.81. The van der Waals surface area contributed by atoms with E-state index in [0.717, 1.165) is 18.4 Å². The third kappa shape index (κ3) is 7.15. The van der Waals surface area contributed by atoms with Crippen molar-refractivity contribution in [3.05, 3.63) is 53.9 Å². The number of hydrogen-bond donors (Lipinski definition) is 2. The second-order valence-corrected chi connectivity index (χ2v) is 10.9. The maximum absolute atomic E-state index is 13.2. The molecular weight excluding hydrogens is 456 g/mol. The molecule has 9 nitrogen and oxygen atoms in total. The van der Waals surface area contributed by atoms with Crippen LogP contribution in [-0.4, -0.2) is 79.4 Å². The van der Waals surface area contributed by atoms with E-state index in [4.69, 9.17) is 4.74 Å². The SMILES string of the molecule is C[C@@H]1CN([C@H](C)CO)C(=O)Cc2cc(NS(C)(=O)=O)ccc2O[C@H]1CN(C)Cc1ccncc1. The highest BCUT2D eigenvalue weighted by molar-refractivity contribution is 7.92. The van der Waals surface area contributed by atoms with Gasteiger partial charge in [-0.15, -0.1) is 0 Å². The summed E-state index contributed by atoms with van der Waals surface area (Å²) >= 11 is 0. The second-order valence-electron chi connectivity index (χ2n) is 9.14. The van der Waals surface area contributed by atoms with Gasteiger partial charge in [0.1, 0.15) is 11.9 Å². The van der Waals surface area contributed by atoms with E-state index in [1.54, 1.807) is 35.5 Å². The standard InChI is InChI=1S/C24H34N4O5S/c1-17-13-28(18(2)16-29)24(30)12-20-11-21(26-34(4,31)32)5-6-22(20)33-23(17)15-27(3)14-19-7-9-25-10-8-19/h5-11,17-18,23,26,29H,12-16H2,1-4H3/t17-,18-,23+/m1/s1.